The standard InChI is InChI=1S/C16H21N3O/c1-9-2-4-10(5-3-9)13-11-6-7-12(8-11)14(13)15(20)19-16(17)18/h2-5,11-14H,6-8H2,1H3,(H4,17,18,19,20)/t11-,12+,13+,14+/m0/s1. The number of amides is 1. The molecule has 0 aliphatic heterocycles. The molecule has 2 saturated carbocycles. The summed E-state index contributed by atoms with van der Waals surface area (Å²) in [7, 11) is 0. The van der Waals surface area contributed by atoms with Gasteiger partial charge in [0, 0.05) is 0 Å². The zero-order valence-corrected chi connectivity index (χ0v) is 11.8. The minimum Gasteiger partial charge on any atom is -0.370 e. The average molecular weight is 271 g/mol. The van der Waals surface area contributed by atoms with Crippen LogP contribution < -0.4 is 11.5 Å². The Hall–Kier alpha value is -1.84. The molecule has 1 aromatic rings. The van der Waals surface area contributed by atoms with Crippen LogP contribution in [0.25, 0.3) is 0 Å². The third-order valence-electron chi connectivity index (χ3n) is 4.90. The molecule has 0 saturated heterocycles. The molecule has 0 radical (unpaired) electrons. The van der Waals surface area contributed by atoms with Crippen molar-refractivity contribution in [1.82, 2.24) is 0 Å². The van der Waals surface area contributed by atoms with Gasteiger partial charge in [-0.05, 0) is 49.5 Å². The number of aliphatic imine (C=N–C) groups is 1. The molecule has 1 amide bonds. The smallest absolute Gasteiger partial charge is 0.252 e. The summed E-state index contributed by atoms with van der Waals surface area (Å²) in [6.45, 7) is 2.08. The molecule has 0 unspecified atom stereocenters. The van der Waals surface area contributed by atoms with E-state index in [1.165, 1.54) is 17.5 Å². The zero-order chi connectivity index (χ0) is 14.3. The van der Waals surface area contributed by atoms with Crippen LogP contribution in [0.5, 0.6) is 0 Å². The van der Waals surface area contributed by atoms with E-state index in [1.807, 2.05) is 0 Å². The van der Waals surface area contributed by atoms with Gasteiger partial charge in [0.1, 0.15) is 0 Å². The number of hydrogen-bond acceptors (Lipinski definition) is 1. The molecule has 4 heteroatoms. The van der Waals surface area contributed by atoms with Crippen molar-refractivity contribution < 1.29 is 4.79 Å². The van der Waals surface area contributed by atoms with Gasteiger partial charge in [0.25, 0.3) is 5.91 Å². The van der Waals surface area contributed by atoms with Crippen LogP contribution >= 0.6 is 0 Å². The van der Waals surface area contributed by atoms with E-state index >= 15 is 0 Å². The summed E-state index contributed by atoms with van der Waals surface area (Å²) in [5.41, 5.74) is 13.2. The second-order valence-corrected chi connectivity index (χ2v) is 6.17. The maximum absolute atomic E-state index is 12.3. The summed E-state index contributed by atoms with van der Waals surface area (Å²) in [5.74, 6) is 1.03. The number of nitrogens with zero attached hydrogens (tertiary/aromatic N) is 1. The predicted molar refractivity (Wildman–Crippen MR) is 79.1 cm³/mol. The largest absolute Gasteiger partial charge is 0.370 e. The minimum atomic E-state index is -0.136. The minimum absolute atomic E-state index is 0.0430. The topological polar surface area (TPSA) is 81.5 Å². The Morgan fingerprint density at radius 2 is 1.80 bits per heavy atom. The first-order chi connectivity index (χ1) is 9.56. The SMILES string of the molecule is Cc1ccc([C@@H]2[C@H]3CC[C@H](C3)[C@H]2C(=O)N=C(N)N)cc1. The maximum atomic E-state index is 12.3. The predicted octanol–water partition coefficient (Wildman–Crippen LogP) is 1.92. The molecule has 2 fully saturated rings. The summed E-state index contributed by atoms with van der Waals surface area (Å²) in [5, 5.41) is 0. The van der Waals surface area contributed by atoms with Crippen LogP contribution in [0, 0.1) is 24.7 Å². The number of fused-ring (bicyclic) bond motifs is 2. The molecule has 4 nitrogen and oxygen atoms in total. The fourth-order valence-electron chi connectivity index (χ4n) is 4.12. The Morgan fingerprint density at radius 1 is 1.15 bits per heavy atom. The molecule has 3 rings (SSSR count). The van der Waals surface area contributed by atoms with E-state index in [-0.39, 0.29) is 23.7 Å². The lowest BCUT2D eigenvalue weighted by molar-refractivity contribution is -0.123. The van der Waals surface area contributed by atoms with Gasteiger partial charge in [0.05, 0.1) is 5.92 Å². The molecule has 2 aliphatic rings. The molecule has 0 spiro atoms. The molecule has 0 aromatic heterocycles. The molecule has 2 bridgehead atoms. The van der Waals surface area contributed by atoms with E-state index in [1.54, 1.807) is 0 Å². The van der Waals surface area contributed by atoms with Crippen LogP contribution in [0.15, 0.2) is 29.3 Å². The molecule has 4 atom stereocenters. The molecular formula is C16H21N3O. The van der Waals surface area contributed by atoms with Gasteiger partial charge in [-0.1, -0.05) is 29.8 Å². The second kappa shape index (κ2) is 4.93. The van der Waals surface area contributed by atoms with Crippen molar-refractivity contribution in [3.8, 4) is 0 Å². The van der Waals surface area contributed by atoms with Crippen LogP contribution in [-0.4, -0.2) is 11.9 Å². The Bertz CT molecular complexity index is 545. The molecular weight excluding hydrogens is 250 g/mol. The number of nitrogens with two attached hydrogens (primary N) is 2. The average Bonchev–Trinajstić information content (AvgIpc) is 2.99. The van der Waals surface area contributed by atoms with Crippen molar-refractivity contribution >= 4 is 11.9 Å². The highest BCUT2D eigenvalue weighted by Gasteiger charge is 2.51. The molecule has 20 heavy (non-hydrogen) atoms. The normalized spacial score (nSPS) is 31.2. The first-order valence-electron chi connectivity index (χ1n) is 7.26. The lowest BCUT2D eigenvalue weighted by Crippen LogP contribution is -2.31. The fraction of sp³-hybridized carbons (Fsp3) is 0.500. The number of carbonyl (C=O) groups excluding carboxylic acids is 1. The lowest BCUT2D eigenvalue weighted by atomic mass is 9.75. The Balaban J connectivity index is 1.93. The van der Waals surface area contributed by atoms with Crippen molar-refractivity contribution in [3.63, 3.8) is 0 Å². The number of benzene rings is 1. The number of carbonyl (C=O) groups is 1. The van der Waals surface area contributed by atoms with E-state index in [2.05, 4.69) is 36.2 Å². The Labute approximate surface area is 119 Å². The van der Waals surface area contributed by atoms with Gasteiger partial charge < -0.3 is 11.5 Å². The van der Waals surface area contributed by atoms with Crippen molar-refractivity contribution in [2.45, 2.75) is 32.1 Å². The van der Waals surface area contributed by atoms with Crippen molar-refractivity contribution in [2.24, 2.45) is 34.2 Å². The van der Waals surface area contributed by atoms with E-state index < -0.39 is 0 Å². The number of rotatable bonds is 2. The summed E-state index contributed by atoms with van der Waals surface area (Å²) < 4.78 is 0. The van der Waals surface area contributed by atoms with Crippen LogP contribution in [0.4, 0.5) is 0 Å². The van der Waals surface area contributed by atoms with Gasteiger partial charge in [-0.25, -0.2) is 0 Å². The van der Waals surface area contributed by atoms with Gasteiger partial charge in [0.2, 0.25) is 0 Å². The first kappa shape index (κ1) is 13.2. The van der Waals surface area contributed by atoms with Gasteiger partial charge in [0.15, 0.2) is 5.96 Å². The Morgan fingerprint density at radius 3 is 2.45 bits per heavy atom. The van der Waals surface area contributed by atoms with Crippen molar-refractivity contribution in [3.05, 3.63) is 35.4 Å². The Kier molecular flexibility index (Phi) is 3.24. The van der Waals surface area contributed by atoms with E-state index in [0.29, 0.717) is 11.8 Å². The maximum Gasteiger partial charge on any atom is 0.252 e. The quantitative estimate of drug-likeness (QED) is 0.637. The summed E-state index contributed by atoms with van der Waals surface area (Å²) in [6.07, 6.45) is 3.48. The summed E-state index contributed by atoms with van der Waals surface area (Å²) in [6, 6.07) is 8.53. The van der Waals surface area contributed by atoms with Crippen LogP contribution in [0.2, 0.25) is 0 Å². The van der Waals surface area contributed by atoms with Crippen molar-refractivity contribution in [1.29, 1.82) is 0 Å². The van der Waals surface area contributed by atoms with Gasteiger partial charge in [-0.2, -0.15) is 4.99 Å². The number of guanidine groups is 1. The van der Waals surface area contributed by atoms with E-state index in [0.717, 1.165) is 12.8 Å². The molecule has 4 N–H and O–H groups in total. The van der Waals surface area contributed by atoms with E-state index in [4.69, 9.17) is 11.5 Å². The highest BCUT2D eigenvalue weighted by Crippen LogP contribution is 2.57. The van der Waals surface area contributed by atoms with Crippen molar-refractivity contribution in [2.75, 3.05) is 0 Å². The number of aryl methyl sites for hydroxylation is 1. The van der Waals surface area contributed by atoms with Gasteiger partial charge >= 0.3 is 0 Å². The summed E-state index contributed by atoms with van der Waals surface area (Å²) >= 11 is 0. The van der Waals surface area contributed by atoms with E-state index in [9.17, 15) is 4.79 Å². The zero-order valence-electron chi connectivity index (χ0n) is 11.8. The highest BCUT2D eigenvalue weighted by molar-refractivity contribution is 5.93. The third kappa shape index (κ3) is 2.19. The van der Waals surface area contributed by atoms with Crippen LogP contribution in [0.3, 0.4) is 0 Å². The molecule has 106 valence electrons. The molecule has 0 heterocycles. The fourth-order valence-corrected chi connectivity index (χ4v) is 4.12. The first-order valence-corrected chi connectivity index (χ1v) is 7.26. The third-order valence-corrected chi connectivity index (χ3v) is 4.90. The summed E-state index contributed by atoms with van der Waals surface area (Å²) in [4.78, 5) is 16.2. The lowest BCUT2D eigenvalue weighted by Gasteiger charge is -2.29. The monoisotopic (exact) mass is 271 g/mol. The highest BCUT2D eigenvalue weighted by atomic mass is 16.1. The van der Waals surface area contributed by atoms with Gasteiger partial charge in [-0.15, -0.1) is 0 Å². The van der Waals surface area contributed by atoms with Crippen LogP contribution in [-0.2, 0) is 4.79 Å². The number of hydrogen-bond donors (Lipinski definition) is 2. The van der Waals surface area contributed by atoms with Crippen LogP contribution in [0.1, 0.15) is 36.3 Å². The molecule has 2 aliphatic carbocycles. The van der Waals surface area contributed by atoms with Gasteiger partial charge in [-0.3, -0.25) is 4.79 Å². The second-order valence-electron chi connectivity index (χ2n) is 6.17. The molecule has 1 aromatic carbocycles.